The molecule has 0 radical (unpaired) electrons. The molecule has 6 nitrogen and oxygen atoms in total. The highest BCUT2D eigenvalue weighted by Gasteiger charge is 2.21. The molecule has 0 saturated carbocycles. The Bertz CT molecular complexity index is 750. The maximum atomic E-state index is 11.9. The molecule has 0 aromatic heterocycles. The Hall–Kier alpha value is -3.02. The number of ether oxygens (including phenoxy) is 2. The molecular formula is C21H25NO5. The summed E-state index contributed by atoms with van der Waals surface area (Å²) in [6.07, 6.45) is -0.620. The lowest BCUT2D eigenvalue weighted by Crippen LogP contribution is -2.42. The molecule has 0 heterocycles. The summed E-state index contributed by atoms with van der Waals surface area (Å²) in [6, 6.07) is 15.2. The van der Waals surface area contributed by atoms with Gasteiger partial charge in [0.15, 0.2) is 0 Å². The summed E-state index contributed by atoms with van der Waals surface area (Å²) in [6.45, 7) is 5.93. The highest BCUT2D eigenvalue weighted by molar-refractivity contribution is 5.80. The fourth-order valence-electron chi connectivity index (χ4n) is 2.39. The summed E-state index contributed by atoms with van der Waals surface area (Å²) in [7, 11) is 0. The molecule has 1 unspecified atom stereocenters. The van der Waals surface area contributed by atoms with Gasteiger partial charge in [-0.25, -0.2) is 9.59 Å². The van der Waals surface area contributed by atoms with Crippen molar-refractivity contribution in [3.8, 4) is 5.75 Å². The van der Waals surface area contributed by atoms with Crippen LogP contribution in [0.2, 0.25) is 0 Å². The molecule has 2 aromatic rings. The molecule has 0 fully saturated rings. The standard InChI is InChI=1S/C21H25NO5/c1-21(2,3)27-17-11-9-15(10-12-17)13-18(19(23)24)22-20(25)26-14-16-7-5-4-6-8-16/h4-12,18H,13-14H2,1-3H3,(H,22,25)(H,23,24). The molecule has 1 atom stereocenters. The monoisotopic (exact) mass is 371 g/mol. The highest BCUT2D eigenvalue weighted by Crippen LogP contribution is 2.19. The number of aliphatic carboxylic acids is 1. The maximum Gasteiger partial charge on any atom is 0.408 e. The number of carboxylic acid groups (broad SMARTS) is 1. The van der Waals surface area contributed by atoms with E-state index in [0.717, 1.165) is 11.1 Å². The first-order chi connectivity index (χ1) is 12.7. The third kappa shape index (κ3) is 7.40. The Morgan fingerprint density at radius 2 is 1.63 bits per heavy atom. The number of hydrogen-bond donors (Lipinski definition) is 2. The van der Waals surface area contributed by atoms with Gasteiger partial charge >= 0.3 is 12.1 Å². The molecule has 0 aliphatic carbocycles. The molecule has 0 bridgehead atoms. The van der Waals surface area contributed by atoms with E-state index in [-0.39, 0.29) is 18.6 Å². The second-order valence-corrected chi connectivity index (χ2v) is 7.16. The first-order valence-corrected chi connectivity index (χ1v) is 8.71. The van der Waals surface area contributed by atoms with E-state index >= 15 is 0 Å². The van der Waals surface area contributed by atoms with Crippen molar-refractivity contribution in [1.82, 2.24) is 5.32 Å². The minimum atomic E-state index is -1.12. The van der Waals surface area contributed by atoms with Gasteiger partial charge in [0, 0.05) is 6.42 Å². The Kier molecular flexibility index (Phi) is 6.82. The average molecular weight is 371 g/mol. The molecule has 2 N–H and O–H groups in total. The zero-order valence-corrected chi connectivity index (χ0v) is 15.8. The summed E-state index contributed by atoms with van der Waals surface area (Å²) >= 11 is 0. The third-order valence-corrected chi connectivity index (χ3v) is 3.59. The number of rotatable bonds is 7. The van der Waals surface area contributed by atoms with Crippen LogP contribution in [0.1, 0.15) is 31.9 Å². The van der Waals surface area contributed by atoms with E-state index in [2.05, 4.69) is 5.32 Å². The van der Waals surface area contributed by atoms with Gasteiger partial charge in [0.2, 0.25) is 0 Å². The predicted octanol–water partition coefficient (Wildman–Crippen LogP) is 3.79. The van der Waals surface area contributed by atoms with Crippen molar-refractivity contribution < 1.29 is 24.2 Å². The molecule has 0 spiro atoms. The number of benzene rings is 2. The van der Waals surface area contributed by atoms with Crippen molar-refractivity contribution in [1.29, 1.82) is 0 Å². The normalized spacial score (nSPS) is 12.1. The van der Waals surface area contributed by atoms with Crippen molar-refractivity contribution in [2.75, 3.05) is 0 Å². The Labute approximate surface area is 159 Å². The summed E-state index contributed by atoms with van der Waals surface area (Å²) in [5.74, 6) is -0.421. The van der Waals surface area contributed by atoms with E-state index < -0.39 is 18.1 Å². The number of nitrogens with one attached hydrogen (secondary N) is 1. The van der Waals surface area contributed by atoms with Gasteiger partial charge < -0.3 is 19.9 Å². The molecule has 1 amide bonds. The van der Waals surface area contributed by atoms with Crippen molar-refractivity contribution in [2.45, 2.75) is 45.4 Å². The number of hydrogen-bond acceptors (Lipinski definition) is 4. The maximum absolute atomic E-state index is 11.9. The largest absolute Gasteiger partial charge is 0.488 e. The SMILES string of the molecule is CC(C)(C)Oc1ccc(CC(NC(=O)OCc2ccccc2)C(=O)O)cc1. The number of carbonyl (C=O) groups is 2. The molecule has 0 aliphatic heterocycles. The van der Waals surface area contributed by atoms with Crippen molar-refractivity contribution >= 4 is 12.1 Å². The third-order valence-electron chi connectivity index (χ3n) is 3.59. The molecule has 0 aliphatic rings. The zero-order chi connectivity index (χ0) is 19.9. The second-order valence-electron chi connectivity index (χ2n) is 7.16. The van der Waals surface area contributed by atoms with Crippen LogP contribution in [0.5, 0.6) is 5.75 Å². The van der Waals surface area contributed by atoms with E-state index in [0.29, 0.717) is 5.75 Å². The molecule has 6 heteroatoms. The number of amides is 1. The van der Waals surface area contributed by atoms with Gasteiger partial charge in [-0.05, 0) is 44.0 Å². The van der Waals surface area contributed by atoms with Gasteiger partial charge in [-0.15, -0.1) is 0 Å². The minimum absolute atomic E-state index is 0.0812. The van der Waals surface area contributed by atoms with Crippen LogP contribution in [-0.2, 0) is 22.6 Å². The topological polar surface area (TPSA) is 84.9 Å². The zero-order valence-electron chi connectivity index (χ0n) is 15.8. The van der Waals surface area contributed by atoms with Gasteiger partial charge in [-0.1, -0.05) is 42.5 Å². The van der Waals surface area contributed by atoms with Gasteiger partial charge in [0.1, 0.15) is 24.0 Å². The first-order valence-electron chi connectivity index (χ1n) is 8.71. The average Bonchev–Trinajstić information content (AvgIpc) is 2.60. The predicted molar refractivity (Wildman–Crippen MR) is 102 cm³/mol. The fraction of sp³-hybridized carbons (Fsp3) is 0.333. The van der Waals surface area contributed by atoms with E-state index in [1.165, 1.54) is 0 Å². The Morgan fingerprint density at radius 3 is 2.19 bits per heavy atom. The second kappa shape index (κ2) is 9.07. The highest BCUT2D eigenvalue weighted by atomic mass is 16.5. The number of carbonyl (C=O) groups excluding carboxylic acids is 1. The van der Waals surface area contributed by atoms with E-state index in [4.69, 9.17) is 9.47 Å². The molecule has 144 valence electrons. The molecule has 2 aromatic carbocycles. The molecule has 27 heavy (non-hydrogen) atoms. The molecule has 0 saturated heterocycles. The Balaban J connectivity index is 1.91. The van der Waals surface area contributed by atoms with Crippen LogP contribution in [0, 0.1) is 0 Å². The van der Waals surface area contributed by atoms with Crippen molar-refractivity contribution in [3.05, 3.63) is 65.7 Å². The van der Waals surface area contributed by atoms with Crippen LogP contribution in [-0.4, -0.2) is 28.8 Å². The summed E-state index contributed by atoms with van der Waals surface area (Å²) < 4.78 is 10.8. The first kappa shape index (κ1) is 20.3. The Morgan fingerprint density at radius 1 is 1.00 bits per heavy atom. The minimum Gasteiger partial charge on any atom is -0.488 e. The van der Waals surface area contributed by atoms with Crippen LogP contribution in [0.3, 0.4) is 0 Å². The molecular weight excluding hydrogens is 346 g/mol. The fourth-order valence-corrected chi connectivity index (χ4v) is 2.39. The lowest BCUT2D eigenvalue weighted by molar-refractivity contribution is -0.139. The van der Waals surface area contributed by atoms with Crippen molar-refractivity contribution in [3.63, 3.8) is 0 Å². The van der Waals surface area contributed by atoms with Crippen LogP contribution in [0.4, 0.5) is 4.79 Å². The van der Waals surface area contributed by atoms with Gasteiger partial charge in [0.05, 0.1) is 0 Å². The van der Waals surface area contributed by atoms with Crippen LogP contribution in [0.15, 0.2) is 54.6 Å². The summed E-state index contributed by atoms with van der Waals surface area (Å²) in [5, 5.41) is 11.8. The lowest BCUT2D eigenvalue weighted by atomic mass is 10.1. The number of carboxylic acids is 1. The van der Waals surface area contributed by atoms with Crippen molar-refractivity contribution in [2.24, 2.45) is 0 Å². The van der Waals surface area contributed by atoms with Crippen LogP contribution < -0.4 is 10.1 Å². The summed E-state index contributed by atoms with van der Waals surface area (Å²) in [4.78, 5) is 23.4. The van der Waals surface area contributed by atoms with E-state index in [9.17, 15) is 14.7 Å². The van der Waals surface area contributed by atoms with Crippen LogP contribution in [0.25, 0.3) is 0 Å². The van der Waals surface area contributed by atoms with E-state index in [1.807, 2.05) is 51.1 Å². The quantitative estimate of drug-likeness (QED) is 0.774. The molecule has 2 rings (SSSR count). The lowest BCUT2D eigenvalue weighted by Gasteiger charge is -2.21. The van der Waals surface area contributed by atoms with Gasteiger partial charge in [0.25, 0.3) is 0 Å². The van der Waals surface area contributed by atoms with Crippen LogP contribution >= 0.6 is 0 Å². The smallest absolute Gasteiger partial charge is 0.408 e. The number of alkyl carbamates (subject to hydrolysis) is 1. The van der Waals surface area contributed by atoms with E-state index in [1.54, 1.807) is 24.3 Å². The summed E-state index contributed by atoms with van der Waals surface area (Å²) in [5.41, 5.74) is 1.29. The van der Waals surface area contributed by atoms with Gasteiger partial charge in [-0.2, -0.15) is 0 Å². The van der Waals surface area contributed by atoms with Gasteiger partial charge in [-0.3, -0.25) is 0 Å².